The molecule has 0 saturated heterocycles. The minimum absolute atomic E-state index is 0.0741. The summed E-state index contributed by atoms with van der Waals surface area (Å²) in [5.74, 6) is 0.866. The van der Waals surface area contributed by atoms with Crippen molar-refractivity contribution in [3.05, 3.63) is 17.0 Å². The maximum Gasteiger partial charge on any atom is 0.149 e. The molecule has 14 heavy (non-hydrogen) atoms. The number of rotatable bonds is 4. The minimum atomic E-state index is -0.379. The molecule has 0 spiro atoms. The molecule has 0 aliphatic carbocycles. The first-order valence-corrected chi connectivity index (χ1v) is 4.72. The fourth-order valence-corrected chi connectivity index (χ4v) is 1.33. The minimum Gasteiger partial charge on any atom is -0.361 e. The van der Waals surface area contributed by atoms with E-state index in [4.69, 9.17) is 10.3 Å². The summed E-state index contributed by atoms with van der Waals surface area (Å²) in [6.07, 6.45) is 1.13. The predicted octanol–water partition coefficient (Wildman–Crippen LogP) is 1.14. The molecule has 4 heteroatoms. The van der Waals surface area contributed by atoms with Gasteiger partial charge in [-0.3, -0.25) is 4.79 Å². The van der Waals surface area contributed by atoms with E-state index < -0.39 is 0 Å². The zero-order valence-electron chi connectivity index (χ0n) is 8.83. The van der Waals surface area contributed by atoms with Gasteiger partial charge in [0.05, 0.1) is 11.7 Å². The monoisotopic (exact) mass is 196 g/mol. The molecule has 4 nitrogen and oxygen atoms in total. The topological polar surface area (TPSA) is 69.1 Å². The number of nitrogens with two attached hydrogens (primary N) is 1. The fraction of sp³-hybridized carbons (Fsp3) is 0.600. The number of hydrogen-bond donors (Lipinski definition) is 1. The number of carbonyl (C=O) groups excluding carboxylic acids is 1. The van der Waals surface area contributed by atoms with Crippen LogP contribution in [-0.2, 0) is 11.2 Å². The zero-order valence-corrected chi connectivity index (χ0v) is 8.83. The van der Waals surface area contributed by atoms with Crippen LogP contribution in [0.5, 0.6) is 0 Å². The van der Waals surface area contributed by atoms with Crippen molar-refractivity contribution in [3.63, 3.8) is 0 Å². The average Bonchev–Trinajstić information content (AvgIpc) is 2.43. The van der Waals surface area contributed by atoms with Crippen molar-refractivity contribution in [2.45, 2.75) is 39.7 Å². The van der Waals surface area contributed by atoms with Crippen molar-refractivity contribution < 1.29 is 9.32 Å². The molecule has 0 aliphatic rings. The van der Waals surface area contributed by atoms with Gasteiger partial charge in [0.25, 0.3) is 0 Å². The van der Waals surface area contributed by atoms with Crippen LogP contribution in [0, 0.1) is 13.8 Å². The van der Waals surface area contributed by atoms with Crippen molar-refractivity contribution in [2.75, 3.05) is 0 Å². The molecule has 1 aromatic rings. The molecular weight excluding hydrogens is 180 g/mol. The Bertz CT molecular complexity index is 309. The Hall–Kier alpha value is -1.16. The first-order valence-electron chi connectivity index (χ1n) is 4.72. The van der Waals surface area contributed by atoms with E-state index in [2.05, 4.69) is 5.16 Å². The molecule has 0 fully saturated rings. The average molecular weight is 196 g/mol. The fourth-order valence-electron chi connectivity index (χ4n) is 1.33. The van der Waals surface area contributed by atoms with Crippen molar-refractivity contribution >= 4 is 5.78 Å². The van der Waals surface area contributed by atoms with Crippen molar-refractivity contribution in [1.82, 2.24) is 5.16 Å². The molecule has 0 radical (unpaired) electrons. The highest BCUT2D eigenvalue weighted by Gasteiger charge is 2.12. The number of hydrogen-bond acceptors (Lipinski definition) is 4. The van der Waals surface area contributed by atoms with Gasteiger partial charge in [0, 0.05) is 12.0 Å². The summed E-state index contributed by atoms with van der Waals surface area (Å²) < 4.78 is 5.00. The third-order valence-corrected chi connectivity index (χ3v) is 2.31. The molecule has 1 aromatic heterocycles. The predicted molar refractivity (Wildman–Crippen MR) is 53.0 cm³/mol. The van der Waals surface area contributed by atoms with Crippen molar-refractivity contribution in [1.29, 1.82) is 0 Å². The summed E-state index contributed by atoms with van der Waals surface area (Å²) in [7, 11) is 0. The highest BCUT2D eigenvalue weighted by Crippen LogP contribution is 2.14. The lowest BCUT2D eigenvalue weighted by molar-refractivity contribution is -0.119. The highest BCUT2D eigenvalue weighted by atomic mass is 16.5. The van der Waals surface area contributed by atoms with Crippen LogP contribution in [0.25, 0.3) is 0 Å². The number of carbonyl (C=O) groups is 1. The molecule has 78 valence electrons. The number of Topliss-reactive ketones (excluding diaryl/α,β-unsaturated/α-hetero) is 1. The Morgan fingerprint density at radius 3 is 2.64 bits per heavy atom. The van der Waals surface area contributed by atoms with Crippen molar-refractivity contribution in [2.24, 2.45) is 5.73 Å². The van der Waals surface area contributed by atoms with E-state index in [0.717, 1.165) is 17.0 Å². The Kier molecular flexibility index (Phi) is 3.41. The molecule has 0 bridgehead atoms. The van der Waals surface area contributed by atoms with E-state index in [9.17, 15) is 4.79 Å². The number of aryl methyl sites for hydroxylation is 2. The third-order valence-electron chi connectivity index (χ3n) is 2.31. The first kappa shape index (κ1) is 10.9. The van der Waals surface area contributed by atoms with Crippen molar-refractivity contribution in [3.8, 4) is 0 Å². The summed E-state index contributed by atoms with van der Waals surface area (Å²) in [5, 5.41) is 3.82. The summed E-state index contributed by atoms with van der Waals surface area (Å²) in [5.41, 5.74) is 7.35. The molecule has 1 heterocycles. The van der Waals surface area contributed by atoms with Gasteiger partial charge >= 0.3 is 0 Å². The van der Waals surface area contributed by atoms with Crippen LogP contribution in [0.15, 0.2) is 4.52 Å². The second-order valence-electron chi connectivity index (χ2n) is 3.56. The summed E-state index contributed by atoms with van der Waals surface area (Å²) in [6.45, 7) is 5.43. The van der Waals surface area contributed by atoms with E-state index in [1.807, 2.05) is 13.8 Å². The summed E-state index contributed by atoms with van der Waals surface area (Å²) in [4.78, 5) is 11.3. The van der Waals surface area contributed by atoms with Crippen LogP contribution in [0.1, 0.15) is 30.4 Å². The van der Waals surface area contributed by atoms with Crippen LogP contribution >= 0.6 is 0 Å². The second-order valence-corrected chi connectivity index (χ2v) is 3.56. The van der Waals surface area contributed by atoms with Gasteiger partial charge in [-0.15, -0.1) is 0 Å². The van der Waals surface area contributed by atoms with Crippen LogP contribution < -0.4 is 5.73 Å². The van der Waals surface area contributed by atoms with E-state index in [0.29, 0.717) is 12.8 Å². The standard InChI is InChI=1S/C10H16N2O2/c1-6(11)10(13)5-4-9-7(2)12-14-8(9)3/h6H,4-5,11H2,1-3H3. The first-order chi connectivity index (χ1) is 6.52. The maximum atomic E-state index is 11.3. The van der Waals surface area contributed by atoms with Crippen LogP contribution in [0.3, 0.4) is 0 Å². The molecule has 0 amide bonds. The van der Waals surface area contributed by atoms with Gasteiger partial charge in [-0.1, -0.05) is 5.16 Å². The molecule has 2 N–H and O–H groups in total. The Morgan fingerprint density at radius 2 is 2.21 bits per heavy atom. The molecule has 0 saturated carbocycles. The van der Waals surface area contributed by atoms with Crippen LogP contribution in [0.2, 0.25) is 0 Å². The smallest absolute Gasteiger partial charge is 0.149 e. The zero-order chi connectivity index (χ0) is 10.7. The molecule has 0 aliphatic heterocycles. The van der Waals surface area contributed by atoms with E-state index >= 15 is 0 Å². The van der Waals surface area contributed by atoms with Gasteiger partial charge in [-0.25, -0.2) is 0 Å². The van der Waals surface area contributed by atoms with E-state index in [1.165, 1.54) is 0 Å². The lowest BCUT2D eigenvalue weighted by Crippen LogP contribution is -2.26. The Balaban J connectivity index is 2.58. The van der Waals surface area contributed by atoms with Gasteiger partial charge < -0.3 is 10.3 Å². The second kappa shape index (κ2) is 4.37. The van der Waals surface area contributed by atoms with Crippen LogP contribution in [0.4, 0.5) is 0 Å². The number of ketones is 1. The summed E-state index contributed by atoms with van der Waals surface area (Å²) >= 11 is 0. The van der Waals surface area contributed by atoms with E-state index in [-0.39, 0.29) is 11.8 Å². The lowest BCUT2D eigenvalue weighted by atomic mass is 10.0. The molecule has 0 aromatic carbocycles. The van der Waals surface area contributed by atoms with Gasteiger partial charge in [0.15, 0.2) is 0 Å². The number of nitrogens with zero attached hydrogens (tertiary/aromatic N) is 1. The van der Waals surface area contributed by atoms with Gasteiger partial charge in [0.1, 0.15) is 11.5 Å². The number of aromatic nitrogens is 1. The quantitative estimate of drug-likeness (QED) is 0.784. The normalized spacial score (nSPS) is 12.9. The Labute approximate surface area is 83.5 Å². The van der Waals surface area contributed by atoms with E-state index in [1.54, 1.807) is 6.92 Å². The Morgan fingerprint density at radius 1 is 1.57 bits per heavy atom. The van der Waals surface area contributed by atoms with Crippen LogP contribution in [-0.4, -0.2) is 17.0 Å². The molecule has 1 atom stereocenters. The molecule has 1 rings (SSSR count). The van der Waals surface area contributed by atoms with Gasteiger partial charge in [-0.05, 0) is 27.2 Å². The SMILES string of the molecule is Cc1noc(C)c1CCC(=O)C(C)N. The maximum absolute atomic E-state index is 11.3. The lowest BCUT2D eigenvalue weighted by Gasteiger charge is -2.03. The largest absolute Gasteiger partial charge is 0.361 e. The third kappa shape index (κ3) is 2.42. The molecular formula is C10H16N2O2. The molecule has 1 unspecified atom stereocenters. The highest BCUT2D eigenvalue weighted by molar-refractivity contribution is 5.83. The van der Waals surface area contributed by atoms with Gasteiger partial charge in [0.2, 0.25) is 0 Å². The van der Waals surface area contributed by atoms with Gasteiger partial charge in [-0.2, -0.15) is 0 Å². The summed E-state index contributed by atoms with van der Waals surface area (Å²) in [6, 6.07) is -0.379.